The van der Waals surface area contributed by atoms with Crippen molar-refractivity contribution in [3.05, 3.63) is 66.0 Å². The molecule has 1 aromatic carbocycles. The number of rotatable bonds is 6. The molecule has 1 atom stereocenters. The number of benzene rings is 1. The molecule has 1 fully saturated rings. The quantitative estimate of drug-likeness (QED) is 0.804. The van der Waals surface area contributed by atoms with Crippen LogP contribution in [0.4, 0.5) is 0 Å². The van der Waals surface area contributed by atoms with Crippen LogP contribution in [0.1, 0.15) is 24.0 Å². The Morgan fingerprint density at radius 2 is 1.96 bits per heavy atom. The summed E-state index contributed by atoms with van der Waals surface area (Å²) >= 11 is 0. The van der Waals surface area contributed by atoms with E-state index < -0.39 is 0 Å². The van der Waals surface area contributed by atoms with Crippen LogP contribution in [0.2, 0.25) is 0 Å². The summed E-state index contributed by atoms with van der Waals surface area (Å²) in [4.78, 5) is 32.9. The van der Waals surface area contributed by atoms with Gasteiger partial charge in [0.25, 0.3) is 0 Å². The van der Waals surface area contributed by atoms with Gasteiger partial charge in [-0.1, -0.05) is 36.4 Å². The SMILES string of the molecule is CN1CCC(C(=O)N(CCc2ccccc2)Cc2cccnc2)CC1=O. The number of piperidine rings is 1. The average molecular weight is 351 g/mol. The van der Waals surface area contributed by atoms with Gasteiger partial charge in [0.1, 0.15) is 0 Å². The van der Waals surface area contributed by atoms with Crippen LogP contribution in [-0.4, -0.2) is 46.7 Å². The van der Waals surface area contributed by atoms with Gasteiger partial charge < -0.3 is 9.80 Å². The predicted octanol–water partition coefficient (Wildman–Crippen LogP) is 2.52. The Morgan fingerprint density at radius 3 is 2.65 bits per heavy atom. The van der Waals surface area contributed by atoms with Crippen molar-refractivity contribution in [3.63, 3.8) is 0 Å². The first-order chi connectivity index (χ1) is 12.6. The Bertz CT molecular complexity index is 733. The summed E-state index contributed by atoms with van der Waals surface area (Å²) in [6.45, 7) is 1.81. The minimum atomic E-state index is -0.217. The van der Waals surface area contributed by atoms with Crippen molar-refractivity contribution < 1.29 is 9.59 Å². The van der Waals surface area contributed by atoms with Crippen molar-refractivity contribution >= 4 is 11.8 Å². The maximum Gasteiger partial charge on any atom is 0.226 e. The summed E-state index contributed by atoms with van der Waals surface area (Å²) in [5.41, 5.74) is 2.21. The zero-order valence-corrected chi connectivity index (χ0v) is 15.2. The molecular weight excluding hydrogens is 326 g/mol. The van der Waals surface area contributed by atoms with E-state index in [9.17, 15) is 9.59 Å². The predicted molar refractivity (Wildman–Crippen MR) is 100 cm³/mol. The highest BCUT2D eigenvalue weighted by Crippen LogP contribution is 2.21. The Labute approximate surface area is 154 Å². The molecular formula is C21H25N3O2. The normalized spacial score (nSPS) is 17.2. The molecule has 1 aromatic heterocycles. The minimum Gasteiger partial charge on any atom is -0.346 e. The van der Waals surface area contributed by atoms with Gasteiger partial charge in [-0.25, -0.2) is 0 Å². The zero-order valence-electron chi connectivity index (χ0n) is 15.2. The second-order valence-electron chi connectivity index (χ2n) is 6.86. The monoisotopic (exact) mass is 351 g/mol. The number of carbonyl (C=O) groups is 2. The highest BCUT2D eigenvalue weighted by atomic mass is 16.2. The fourth-order valence-corrected chi connectivity index (χ4v) is 3.30. The van der Waals surface area contributed by atoms with Crippen molar-refractivity contribution in [3.8, 4) is 0 Å². The van der Waals surface area contributed by atoms with Gasteiger partial charge in [-0.2, -0.15) is 0 Å². The molecule has 0 aliphatic carbocycles. The highest BCUT2D eigenvalue weighted by molar-refractivity contribution is 5.86. The molecule has 3 rings (SSSR count). The summed E-state index contributed by atoms with van der Waals surface area (Å²) in [6.07, 6.45) is 5.37. The van der Waals surface area contributed by atoms with E-state index >= 15 is 0 Å². The number of likely N-dealkylation sites (tertiary alicyclic amines) is 1. The number of hydrogen-bond donors (Lipinski definition) is 0. The maximum atomic E-state index is 13.1. The summed E-state index contributed by atoms with van der Waals surface area (Å²) in [6, 6.07) is 14.0. The average Bonchev–Trinajstić information content (AvgIpc) is 2.68. The molecule has 0 saturated carbocycles. The van der Waals surface area contributed by atoms with Crippen LogP contribution in [0.25, 0.3) is 0 Å². The maximum absolute atomic E-state index is 13.1. The van der Waals surface area contributed by atoms with Crippen molar-refractivity contribution in [1.82, 2.24) is 14.8 Å². The van der Waals surface area contributed by atoms with Gasteiger partial charge in [0.05, 0.1) is 0 Å². The number of amides is 2. The standard InChI is InChI=1S/C21H25N3O2/c1-23-12-10-19(14-20(23)25)21(26)24(16-18-8-5-11-22-15-18)13-9-17-6-3-2-4-7-17/h2-8,11,15,19H,9-10,12-14,16H2,1H3. The van der Waals surface area contributed by atoms with Crippen molar-refractivity contribution in [2.45, 2.75) is 25.8 Å². The first-order valence-electron chi connectivity index (χ1n) is 9.09. The molecule has 2 amide bonds. The van der Waals surface area contributed by atoms with Crippen molar-refractivity contribution in [2.75, 3.05) is 20.1 Å². The lowest BCUT2D eigenvalue weighted by atomic mass is 9.94. The van der Waals surface area contributed by atoms with Gasteiger partial charge in [-0.15, -0.1) is 0 Å². The van der Waals surface area contributed by atoms with E-state index in [1.807, 2.05) is 35.2 Å². The number of carbonyl (C=O) groups excluding carboxylic acids is 2. The summed E-state index contributed by atoms with van der Waals surface area (Å²) < 4.78 is 0. The number of hydrogen-bond acceptors (Lipinski definition) is 3. The minimum absolute atomic E-state index is 0.0546. The van der Waals surface area contributed by atoms with Crippen LogP contribution in [0, 0.1) is 5.92 Å². The smallest absolute Gasteiger partial charge is 0.226 e. The van der Waals surface area contributed by atoms with Crippen molar-refractivity contribution in [2.24, 2.45) is 5.92 Å². The molecule has 2 heterocycles. The van der Waals surface area contributed by atoms with E-state index in [1.54, 1.807) is 24.3 Å². The highest BCUT2D eigenvalue weighted by Gasteiger charge is 2.31. The van der Waals surface area contributed by atoms with Gasteiger partial charge >= 0.3 is 0 Å². The van der Waals surface area contributed by atoms with Gasteiger partial charge in [-0.3, -0.25) is 14.6 Å². The van der Waals surface area contributed by atoms with Gasteiger partial charge in [0.2, 0.25) is 11.8 Å². The fourth-order valence-electron chi connectivity index (χ4n) is 3.30. The lowest BCUT2D eigenvalue weighted by Gasteiger charge is -2.32. The van der Waals surface area contributed by atoms with E-state index in [4.69, 9.17) is 0 Å². The lowest BCUT2D eigenvalue weighted by molar-refractivity contribution is -0.144. The Balaban J connectivity index is 1.71. The van der Waals surface area contributed by atoms with Crippen LogP contribution in [0.5, 0.6) is 0 Å². The van der Waals surface area contributed by atoms with E-state index in [1.165, 1.54) is 5.56 Å². The molecule has 0 radical (unpaired) electrons. The molecule has 5 nitrogen and oxygen atoms in total. The van der Waals surface area contributed by atoms with E-state index in [2.05, 4.69) is 17.1 Å². The van der Waals surface area contributed by atoms with Crippen LogP contribution < -0.4 is 0 Å². The molecule has 1 aliphatic rings. The Kier molecular flexibility index (Phi) is 6.00. The second-order valence-corrected chi connectivity index (χ2v) is 6.86. The third kappa shape index (κ3) is 4.69. The molecule has 1 saturated heterocycles. The fraction of sp³-hybridized carbons (Fsp3) is 0.381. The third-order valence-corrected chi connectivity index (χ3v) is 4.93. The summed E-state index contributed by atoms with van der Waals surface area (Å²) in [5.74, 6) is -0.0867. The van der Waals surface area contributed by atoms with E-state index in [0.29, 0.717) is 26.1 Å². The first kappa shape index (κ1) is 18.1. The molecule has 1 unspecified atom stereocenters. The molecule has 2 aromatic rings. The van der Waals surface area contributed by atoms with E-state index in [0.717, 1.165) is 18.4 Å². The zero-order chi connectivity index (χ0) is 18.4. The van der Waals surface area contributed by atoms with Gasteiger partial charge in [-0.05, 0) is 30.0 Å². The molecule has 0 N–H and O–H groups in total. The van der Waals surface area contributed by atoms with E-state index in [-0.39, 0.29) is 17.7 Å². The summed E-state index contributed by atoms with van der Waals surface area (Å²) in [5, 5.41) is 0. The van der Waals surface area contributed by atoms with Gasteiger partial charge in [0, 0.05) is 51.4 Å². The largest absolute Gasteiger partial charge is 0.346 e. The number of aromatic nitrogens is 1. The molecule has 0 spiro atoms. The molecule has 5 heteroatoms. The topological polar surface area (TPSA) is 53.5 Å². The first-order valence-corrected chi connectivity index (χ1v) is 9.09. The van der Waals surface area contributed by atoms with Crippen LogP contribution in [0.3, 0.4) is 0 Å². The molecule has 136 valence electrons. The van der Waals surface area contributed by atoms with Crippen LogP contribution >= 0.6 is 0 Å². The molecule has 0 bridgehead atoms. The Hall–Kier alpha value is -2.69. The summed E-state index contributed by atoms with van der Waals surface area (Å²) in [7, 11) is 1.80. The van der Waals surface area contributed by atoms with Crippen LogP contribution in [0.15, 0.2) is 54.9 Å². The Morgan fingerprint density at radius 1 is 1.19 bits per heavy atom. The third-order valence-electron chi connectivity index (χ3n) is 4.93. The number of nitrogens with zero attached hydrogens (tertiary/aromatic N) is 3. The van der Waals surface area contributed by atoms with Crippen molar-refractivity contribution in [1.29, 1.82) is 0 Å². The van der Waals surface area contributed by atoms with Gasteiger partial charge in [0.15, 0.2) is 0 Å². The van der Waals surface area contributed by atoms with Crippen LogP contribution in [-0.2, 0) is 22.6 Å². The lowest BCUT2D eigenvalue weighted by Crippen LogP contribution is -2.44. The molecule has 26 heavy (non-hydrogen) atoms. The number of pyridine rings is 1. The second kappa shape index (κ2) is 8.61. The molecule has 1 aliphatic heterocycles.